The van der Waals surface area contributed by atoms with Crippen LogP contribution >= 0.6 is 27.5 Å². The van der Waals surface area contributed by atoms with Gasteiger partial charge in [-0.2, -0.15) is 4.98 Å². The summed E-state index contributed by atoms with van der Waals surface area (Å²) in [6, 6.07) is 3.48. The lowest BCUT2D eigenvalue weighted by atomic mass is 10.2. The van der Waals surface area contributed by atoms with E-state index in [2.05, 4.69) is 30.8 Å². The molecule has 1 aliphatic rings. The van der Waals surface area contributed by atoms with Crippen molar-refractivity contribution >= 4 is 44.3 Å². The number of phenols is 1. The average Bonchev–Trinajstić information content (AvgIpc) is 2.40. The van der Waals surface area contributed by atoms with E-state index in [4.69, 9.17) is 16.3 Å². The average molecular weight is 345 g/mol. The van der Waals surface area contributed by atoms with Crippen molar-refractivity contribution in [2.24, 2.45) is 0 Å². The lowest BCUT2D eigenvalue weighted by Crippen LogP contribution is -2.37. The van der Waals surface area contributed by atoms with Crippen molar-refractivity contribution in [2.75, 3.05) is 31.2 Å². The smallest absolute Gasteiger partial charge is 0.225 e. The monoisotopic (exact) mass is 343 g/mol. The Kier molecular flexibility index (Phi) is 3.47. The highest BCUT2D eigenvalue weighted by Crippen LogP contribution is 2.34. The van der Waals surface area contributed by atoms with Crippen LogP contribution in [0.3, 0.4) is 0 Å². The van der Waals surface area contributed by atoms with Crippen LogP contribution in [0.4, 0.5) is 5.82 Å². The summed E-state index contributed by atoms with van der Waals surface area (Å²) in [6.45, 7) is 2.80. The Balaban J connectivity index is 2.21. The Morgan fingerprint density at radius 1 is 1.26 bits per heavy atom. The Hall–Kier alpha value is -1.11. The van der Waals surface area contributed by atoms with E-state index >= 15 is 0 Å². The number of fused-ring (bicyclic) bond motifs is 1. The van der Waals surface area contributed by atoms with Gasteiger partial charge in [-0.3, -0.25) is 0 Å². The first-order valence-corrected chi connectivity index (χ1v) is 7.01. The molecule has 1 saturated heterocycles. The molecule has 100 valence electrons. The highest BCUT2D eigenvalue weighted by Gasteiger charge is 2.18. The van der Waals surface area contributed by atoms with Crippen LogP contribution in [0.1, 0.15) is 0 Å². The summed E-state index contributed by atoms with van der Waals surface area (Å²) in [6.07, 6.45) is 0. The van der Waals surface area contributed by atoms with E-state index in [0.29, 0.717) is 18.7 Å². The first-order chi connectivity index (χ1) is 9.15. The fourth-order valence-electron chi connectivity index (χ4n) is 2.15. The van der Waals surface area contributed by atoms with Crippen LogP contribution in [0, 0.1) is 0 Å². The van der Waals surface area contributed by atoms with E-state index < -0.39 is 0 Å². The lowest BCUT2D eigenvalue weighted by molar-refractivity contribution is 0.122. The maximum atomic E-state index is 9.98. The summed E-state index contributed by atoms with van der Waals surface area (Å²) < 4.78 is 6.11. The molecule has 0 spiro atoms. The number of morpholine rings is 1. The van der Waals surface area contributed by atoms with E-state index in [-0.39, 0.29) is 11.0 Å². The molecule has 1 N–H and O–H groups in total. The van der Waals surface area contributed by atoms with Gasteiger partial charge in [0.05, 0.1) is 13.2 Å². The third-order valence-corrected chi connectivity index (χ3v) is 3.64. The topological polar surface area (TPSA) is 58.5 Å². The van der Waals surface area contributed by atoms with Gasteiger partial charge in [0.1, 0.15) is 17.1 Å². The molecule has 1 aromatic carbocycles. The molecule has 0 bridgehead atoms. The van der Waals surface area contributed by atoms with Gasteiger partial charge in [-0.1, -0.05) is 15.9 Å². The minimum atomic E-state index is 0.0863. The van der Waals surface area contributed by atoms with Gasteiger partial charge in [-0.15, -0.1) is 0 Å². The van der Waals surface area contributed by atoms with Crippen LogP contribution in [0.15, 0.2) is 16.6 Å². The van der Waals surface area contributed by atoms with Crippen molar-refractivity contribution in [3.63, 3.8) is 0 Å². The zero-order chi connectivity index (χ0) is 13.4. The Morgan fingerprint density at radius 3 is 2.74 bits per heavy atom. The largest absolute Gasteiger partial charge is 0.506 e. The molecule has 5 nitrogen and oxygen atoms in total. The summed E-state index contributed by atoms with van der Waals surface area (Å²) in [5, 5.41) is 10.9. The Bertz CT molecular complexity index is 632. The number of phenolic OH excluding ortho intramolecular Hbond substituents is 1. The van der Waals surface area contributed by atoms with Gasteiger partial charge in [-0.05, 0) is 23.7 Å². The molecule has 1 aromatic heterocycles. The Morgan fingerprint density at radius 2 is 2.00 bits per heavy atom. The molecular weight excluding hydrogens is 334 g/mol. The van der Waals surface area contributed by atoms with Gasteiger partial charge >= 0.3 is 0 Å². The molecule has 0 atom stereocenters. The minimum absolute atomic E-state index is 0.0863. The van der Waals surface area contributed by atoms with Crippen molar-refractivity contribution in [2.45, 2.75) is 0 Å². The molecule has 1 fully saturated rings. The van der Waals surface area contributed by atoms with Crippen LogP contribution in [0.25, 0.3) is 10.9 Å². The van der Waals surface area contributed by atoms with Gasteiger partial charge in [0.15, 0.2) is 0 Å². The molecule has 19 heavy (non-hydrogen) atoms. The van der Waals surface area contributed by atoms with E-state index in [1.54, 1.807) is 6.07 Å². The minimum Gasteiger partial charge on any atom is -0.506 e. The molecular formula is C12H11BrClN3O2. The van der Waals surface area contributed by atoms with Crippen LogP contribution in [0.2, 0.25) is 5.28 Å². The highest BCUT2D eigenvalue weighted by molar-refractivity contribution is 9.10. The number of hydrogen-bond donors (Lipinski definition) is 1. The number of rotatable bonds is 1. The Labute approximate surface area is 123 Å². The van der Waals surface area contributed by atoms with Gasteiger partial charge in [0.2, 0.25) is 5.28 Å². The summed E-state index contributed by atoms with van der Waals surface area (Å²) >= 11 is 9.32. The number of nitrogens with zero attached hydrogens (tertiary/aromatic N) is 3. The molecule has 3 rings (SSSR count). The number of benzene rings is 1. The molecule has 0 unspecified atom stereocenters. The van der Waals surface area contributed by atoms with E-state index in [1.807, 2.05) is 6.07 Å². The van der Waals surface area contributed by atoms with Crippen molar-refractivity contribution in [3.05, 3.63) is 21.9 Å². The molecule has 0 saturated carbocycles. The number of halogens is 2. The second-order valence-corrected chi connectivity index (χ2v) is 5.49. The third-order valence-electron chi connectivity index (χ3n) is 3.01. The predicted octanol–water partition coefficient (Wildman–Crippen LogP) is 2.59. The SMILES string of the molecule is Oc1cc(Br)cc2c(N3CCOCC3)nc(Cl)nc12. The second kappa shape index (κ2) is 5.11. The zero-order valence-corrected chi connectivity index (χ0v) is 12.3. The highest BCUT2D eigenvalue weighted by atomic mass is 79.9. The van der Waals surface area contributed by atoms with Gasteiger partial charge < -0.3 is 14.7 Å². The predicted molar refractivity (Wildman–Crippen MR) is 76.9 cm³/mol. The maximum absolute atomic E-state index is 9.98. The number of anilines is 1. The molecule has 2 heterocycles. The number of hydrogen-bond acceptors (Lipinski definition) is 5. The van der Waals surface area contributed by atoms with E-state index in [0.717, 1.165) is 28.8 Å². The van der Waals surface area contributed by atoms with Crippen molar-refractivity contribution in [1.82, 2.24) is 9.97 Å². The normalized spacial score (nSPS) is 16.0. The molecule has 0 aliphatic carbocycles. The fourth-order valence-corrected chi connectivity index (χ4v) is 2.76. The van der Waals surface area contributed by atoms with Crippen LogP contribution < -0.4 is 4.90 Å². The molecule has 7 heteroatoms. The lowest BCUT2D eigenvalue weighted by Gasteiger charge is -2.28. The number of aromatic hydroxyl groups is 1. The van der Waals surface area contributed by atoms with E-state index in [9.17, 15) is 5.11 Å². The standard InChI is InChI=1S/C12H11BrClN3O2/c13-7-5-8-10(9(18)6-7)15-12(14)16-11(8)17-1-3-19-4-2-17/h5-6,18H,1-4H2. The van der Waals surface area contributed by atoms with Crippen LogP contribution in [-0.2, 0) is 4.74 Å². The zero-order valence-electron chi connectivity index (χ0n) is 9.94. The maximum Gasteiger partial charge on any atom is 0.225 e. The molecule has 0 amide bonds. The molecule has 1 aliphatic heterocycles. The van der Waals surface area contributed by atoms with Crippen molar-refractivity contribution in [3.8, 4) is 5.75 Å². The summed E-state index contributed by atoms with van der Waals surface area (Å²) in [5.41, 5.74) is 0.463. The number of ether oxygens (including phenoxy) is 1. The first-order valence-electron chi connectivity index (χ1n) is 5.83. The van der Waals surface area contributed by atoms with Crippen LogP contribution in [-0.4, -0.2) is 41.4 Å². The quantitative estimate of drug-likeness (QED) is 0.806. The number of aromatic nitrogens is 2. The van der Waals surface area contributed by atoms with Crippen molar-refractivity contribution < 1.29 is 9.84 Å². The summed E-state index contributed by atoms with van der Waals surface area (Å²) in [5.74, 6) is 0.818. The fraction of sp³-hybridized carbons (Fsp3) is 0.333. The second-order valence-electron chi connectivity index (χ2n) is 4.24. The summed E-state index contributed by atoms with van der Waals surface area (Å²) in [7, 11) is 0. The van der Waals surface area contributed by atoms with Crippen molar-refractivity contribution in [1.29, 1.82) is 0 Å². The third kappa shape index (κ3) is 2.48. The van der Waals surface area contributed by atoms with Gasteiger partial charge in [0, 0.05) is 22.9 Å². The molecule has 0 radical (unpaired) electrons. The summed E-state index contributed by atoms with van der Waals surface area (Å²) in [4.78, 5) is 10.5. The first kappa shape index (κ1) is 12.9. The molecule has 2 aromatic rings. The van der Waals surface area contributed by atoms with Gasteiger partial charge in [-0.25, -0.2) is 4.98 Å². The van der Waals surface area contributed by atoms with Gasteiger partial charge in [0.25, 0.3) is 0 Å². The van der Waals surface area contributed by atoms with Crippen LogP contribution in [0.5, 0.6) is 5.75 Å². The van der Waals surface area contributed by atoms with E-state index in [1.165, 1.54) is 0 Å².